The van der Waals surface area contributed by atoms with Crippen LogP contribution >= 0.6 is 11.8 Å². The summed E-state index contributed by atoms with van der Waals surface area (Å²) in [6.45, 7) is 9.11. The molecule has 2 aromatic rings. The fraction of sp³-hybridized carbons (Fsp3) is 0.667. The van der Waals surface area contributed by atoms with E-state index in [-0.39, 0.29) is 5.25 Å². The van der Waals surface area contributed by atoms with Crippen LogP contribution in [0.5, 0.6) is 0 Å². The highest BCUT2D eigenvalue weighted by Gasteiger charge is 2.15. The Morgan fingerprint density at radius 3 is 2.79 bits per heavy atom. The Morgan fingerprint density at radius 1 is 1.37 bits per heavy atom. The largest absolute Gasteiger partial charge is 0.338 e. The molecule has 2 heterocycles. The van der Waals surface area contributed by atoms with E-state index in [1.165, 1.54) is 0 Å². The van der Waals surface area contributed by atoms with Gasteiger partial charge in [-0.1, -0.05) is 19.0 Å². The van der Waals surface area contributed by atoms with Gasteiger partial charge in [-0.3, -0.25) is 0 Å². The Balaban J connectivity index is 1.93. The molecule has 0 aliphatic heterocycles. The van der Waals surface area contributed by atoms with Crippen molar-refractivity contribution in [1.29, 1.82) is 0 Å². The Kier molecular flexibility index (Phi) is 4.57. The van der Waals surface area contributed by atoms with Crippen LogP contribution in [-0.2, 0) is 12.3 Å². The van der Waals surface area contributed by atoms with Crippen molar-refractivity contribution in [2.75, 3.05) is 0 Å². The molecule has 0 N–H and O–H groups in total. The molecule has 0 spiro atoms. The third kappa shape index (κ3) is 3.79. The summed E-state index contributed by atoms with van der Waals surface area (Å²) in [6.07, 6.45) is 1.61. The predicted molar refractivity (Wildman–Crippen MR) is 73.6 cm³/mol. The number of hydrogen-bond donors (Lipinski definition) is 0. The van der Waals surface area contributed by atoms with Gasteiger partial charge in [0.15, 0.2) is 5.82 Å². The second kappa shape index (κ2) is 6.18. The Labute approximate surface area is 117 Å². The summed E-state index contributed by atoms with van der Waals surface area (Å²) in [7, 11) is 0. The average Bonchev–Trinajstić information content (AvgIpc) is 2.95. The summed E-state index contributed by atoms with van der Waals surface area (Å²) in [4.78, 5) is 8.54. The predicted octanol–water partition coefficient (Wildman–Crippen LogP) is 2.62. The molecule has 0 radical (unpaired) electrons. The lowest BCUT2D eigenvalue weighted by Gasteiger charge is -2.09. The van der Waals surface area contributed by atoms with Gasteiger partial charge >= 0.3 is 0 Å². The van der Waals surface area contributed by atoms with Crippen LogP contribution in [0.25, 0.3) is 0 Å². The lowest BCUT2D eigenvalue weighted by atomic mass is 10.2. The lowest BCUT2D eigenvalue weighted by Crippen LogP contribution is -2.09. The first-order valence-corrected chi connectivity index (χ1v) is 7.39. The van der Waals surface area contributed by atoms with Gasteiger partial charge in [0.05, 0.1) is 11.0 Å². The van der Waals surface area contributed by atoms with Crippen molar-refractivity contribution in [3.05, 3.63) is 23.9 Å². The second-order valence-corrected chi connectivity index (χ2v) is 6.21. The molecule has 0 amide bonds. The fourth-order valence-electron chi connectivity index (χ4n) is 1.65. The van der Waals surface area contributed by atoms with E-state index in [9.17, 15) is 0 Å². The van der Waals surface area contributed by atoms with Gasteiger partial charge < -0.3 is 4.52 Å². The Bertz CT molecular complexity index is 522. The molecule has 1 atom stereocenters. The highest BCUT2D eigenvalue weighted by Crippen LogP contribution is 2.29. The fourth-order valence-corrected chi connectivity index (χ4v) is 2.51. The zero-order valence-electron chi connectivity index (χ0n) is 11.7. The number of aromatic nitrogens is 5. The van der Waals surface area contributed by atoms with Crippen LogP contribution in [0.3, 0.4) is 0 Å². The summed E-state index contributed by atoms with van der Waals surface area (Å²) in [6, 6.07) is 0. The Hall–Kier alpha value is -1.37. The molecule has 0 saturated carbocycles. The zero-order valence-corrected chi connectivity index (χ0v) is 12.5. The molecular formula is C12H19N5OS. The van der Waals surface area contributed by atoms with Crippen molar-refractivity contribution in [1.82, 2.24) is 24.9 Å². The van der Waals surface area contributed by atoms with Gasteiger partial charge in [-0.2, -0.15) is 10.1 Å². The van der Waals surface area contributed by atoms with E-state index in [2.05, 4.69) is 41.0 Å². The molecule has 6 nitrogen and oxygen atoms in total. The van der Waals surface area contributed by atoms with E-state index in [0.717, 1.165) is 18.1 Å². The Morgan fingerprint density at radius 2 is 2.16 bits per heavy atom. The van der Waals surface area contributed by atoms with Gasteiger partial charge in [-0.05, 0) is 19.8 Å². The van der Waals surface area contributed by atoms with Gasteiger partial charge in [0.25, 0.3) is 0 Å². The van der Waals surface area contributed by atoms with Crippen LogP contribution in [0.15, 0.2) is 10.9 Å². The van der Waals surface area contributed by atoms with Gasteiger partial charge in [0.1, 0.15) is 12.2 Å². The minimum absolute atomic E-state index is 0.158. The van der Waals surface area contributed by atoms with E-state index in [4.69, 9.17) is 4.52 Å². The van der Waals surface area contributed by atoms with Crippen LogP contribution in [0, 0.1) is 12.8 Å². The summed E-state index contributed by atoms with van der Waals surface area (Å²) >= 11 is 1.72. The van der Waals surface area contributed by atoms with Crippen molar-refractivity contribution in [2.24, 2.45) is 5.92 Å². The normalized spacial score (nSPS) is 13.1. The molecule has 2 aromatic heterocycles. The van der Waals surface area contributed by atoms with E-state index in [1.54, 1.807) is 18.1 Å². The second-order valence-electron chi connectivity index (χ2n) is 4.89. The van der Waals surface area contributed by atoms with Crippen molar-refractivity contribution >= 4 is 11.8 Å². The first-order valence-electron chi connectivity index (χ1n) is 6.34. The van der Waals surface area contributed by atoms with Gasteiger partial charge in [-0.25, -0.2) is 9.67 Å². The zero-order chi connectivity index (χ0) is 13.8. The number of aryl methyl sites for hydroxylation is 1. The highest BCUT2D eigenvalue weighted by molar-refractivity contribution is 7.98. The minimum Gasteiger partial charge on any atom is -0.338 e. The molecule has 0 saturated heterocycles. The maximum atomic E-state index is 5.17. The molecule has 0 aliphatic rings. The molecular weight excluding hydrogens is 262 g/mol. The quantitative estimate of drug-likeness (QED) is 0.810. The maximum Gasteiger partial charge on any atom is 0.239 e. The number of nitrogens with zero attached hydrogens (tertiary/aromatic N) is 5. The summed E-state index contributed by atoms with van der Waals surface area (Å²) in [5.41, 5.74) is 0. The highest BCUT2D eigenvalue weighted by atomic mass is 32.2. The SMILES string of the molecule is Cc1noc(C(C)SCc2ncnn2CC(C)C)n1. The van der Waals surface area contributed by atoms with Crippen LogP contribution < -0.4 is 0 Å². The number of hydrogen-bond acceptors (Lipinski definition) is 6. The van der Waals surface area contributed by atoms with Crippen molar-refractivity contribution < 1.29 is 4.52 Å². The molecule has 2 rings (SSSR count). The third-order valence-electron chi connectivity index (χ3n) is 2.59. The van der Waals surface area contributed by atoms with Crippen molar-refractivity contribution in [3.8, 4) is 0 Å². The standard InChI is InChI=1S/C12H19N5OS/c1-8(2)5-17-11(13-7-14-17)6-19-9(3)12-15-10(4)16-18-12/h7-9H,5-6H2,1-4H3. The smallest absolute Gasteiger partial charge is 0.239 e. The molecule has 1 unspecified atom stereocenters. The molecule has 0 fully saturated rings. The van der Waals surface area contributed by atoms with Crippen LogP contribution in [-0.4, -0.2) is 24.9 Å². The van der Waals surface area contributed by atoms with Crippen molar-refractivity contribution in [2.45, 2.75) is 45.2 Å². The van der Waals surface area contributed by atoms with Gasteiger partial charge in [-0.15, -0.1) is 11.8 Å². The van der Waals surface area contributed by atoms with Gasteiger partial charge in [0, 0.05) is 6.54 Å². The molecule has 0 aliphatic carbocycles. The van der Waals surface area contributed by atoms with Crippen LogP contribution in [0.1, 0.15) is 43.6 Å². The maximum absolute atomic E-state index is 5.17. The molecule has 0 aromatic carbocycles. The van der Waals surface area contributed by atoms with E-state index < -0.39 is 0 Å². The van der Waals surface area contributed by atoms with E-state index in [0.29, 0.717) is 17.6 Å². The molecule has 7 heteroatoms. The van der Waals surface area contributed by atoms with E-state index >= 15 is 0 Å². The lowest BCUT2D eigenvalue weighted by molar-refractivity contribution is 0.376. The summed E-state index contributed by atoms with van der Waals surface area (Å²) < 4.78 is 7.13. The van der Waals surface area contributed by atoms with E-state index in [1.807, 2.05) is 11.6 Å². The first-order chi connectivity index (χ1) is 9.06. The summed E-state index contributed by atoms with van der Waals surface area (Å²) in [5, 5.41) is 8.22. The molecule has 104 valence electrons. The third-order valence-corrected chi connectivity index (χ3v) is 3.71. The molecule has 19 heavy (non-hydrogen) atoms. The van der Waals surface area contributed by atoms with Gasteiger partial charge in [0.2, 0.25) is 5.89 Å². The first kappa shape index (κ1) is 14.0. The minimum atomic E-state index is 0.158. The van der Waals surface area contributed by atoms with Crippen LogP contribution in [0.4, 0.5) is 0 Å². The molecule has 0 bridgehead atoms. The van der Waals surface area contributed by atoms with Crippen LogP contribution in [0.2, 0.25) is 0 Å². The summed E-state index contributed by atoms with van der Waals surface area (Å²) in [5.74, 6) is 3.67. The topological polar surface area (TPSA) is 69.6 Å². The van der Waals surface area contributed by atoms with Crippen molar-refractivity contribution in [3.63, 3.8) is 0 Å². The number of rotatable bonds is 6. The number of thioether (sulfide) groups is 1. The monoisotopic (exact) mass is 281 g/mol. The average molecular weight is 281 g/mol.